The summed E-state index contributed by atoms with van der Waals surface area (Å²) in [4.78, 5) is 12.4. The van der Waals surface area contributed by atoms with Crippen molar-refractivity contribution >= 4 is 17.4 Å². The van der Waals surface area contributed by atoms with Crippen LogP contribution in [0, 0.1) is 11.6 Å². The second-order valence-corrected chi connectivity index (χ2v) is 4.93. The fraction of sp³-hybridized carbons (Fsp3) is 0.133. The van der Waals surface area contributed by atoms with Gasteiger partial charge in [0.2, 0.25) is 0 Å². The van der Waals surface area contributed by atoms with Gasteiger partial charge in [0.15, 0.2) is 5.78 Å². The van der Waals surface area contributed by atoms with E-state index in [2.05, 4.69) is 0 Å². The van der Waals surface area contributed by atoms with Crippen LogP contribution in [0.5, 0.6) is 5.75 Å². The highest BCUT2D eigenvalue weighted by Crippen LogP contribution is 2.34. The van der Waals surface area contributed by atoms with Crippen LogP contribution < -0.4 is 4.74 Å². The van der Waals surface area contributed by atoms with E-state index in [0.29, 0.717) is 29.9 Å². The van der Waals surface area contributed by atoms with Crippen molar-refractivity contribution in [1.82, 2.24) is 0 Å². The molecule has 3 rings (SSSR count). The zero-order valence-corrected chi connectivity index (χ0v) is 11.0. The average Bonchev–Trinajstić information content (AvgIpc) is 2.85. The van der Waals surface area contributed by atoms with Crippen molar-refractivity contribution in [2.24, 2.45) is 0 Å². The summed E-state index contributed by atoms with van der Waals surface area (Å²) < 4.78 is 32.0. The Morgan fingerprint density at radius 3 is 2.70 bits per heavy atom. The number of carbonyl (C=O) groups excluding carboxylic acids is 1. The molecule has 0 N–H and O–H groups in total. The van der Waals surface area contributed by atoms with E-state index >= 15 is 0 Å². The van der Waals surface area contributed by atoms with Gasteiger partial charge in [-0.05, 0) is 29.8 Å². The van der Waals surface area contributed by atoms with Gasteiger partial charge in [-0.2, -0.15) is 0 Å². The van der Waals surface area contributed by atoms with E-state index < -0.39 is 17.4 Å². The molecule has 5 heteroatoms. The molecule has 0 amide bonds. The standard InChI is InChI=1S/C15H9ClF2O2/c16-9-5-8-3-4-20-15(8)12(6-9)14(19)11-2-1-10(17)7-13(11)18/h1-2,5-7H,3-4H2. The van der Waals surface area contributed by atoms with E-state index in [4.69, 9.17) is 16.3 Å². The second-order valence-electron chi connectivity index (χ2n) is 4.49. The first kappa shape index (κ1) is 13.1. The summed E-state index contributed by atoms with van der Waals surface area (Å²) in [5, 5.41) is 0.389. The van der Waals surface area contributed by atoms with Crippen LogP contribution in [0.25, 0.3) is 0 Å². The summed E-state index contributed by atoms with van der Waals surface area (Å²) in [6.45, 7) is 0.460. The number of halogens is 3. The third kappa shape index (κ3) is 2.16. The van der Waals surface area contributed by atoms with Gasteiger partial charge in [0.1, 0.15) is 17.4 Å². The van der Waals surface area contributed by atoms with Gasteiger partial charge in [-0.1, -0.05) is 11.6 Å². The van der Waals surface area contributed by atoms with Gasteiger partial charge in [0, 0.05) is 17.5 Å². The largest absolute Gasteiger partial charge is 0.492 e. The van der Waals surface area contributed by atoms with Crippen molar-refractivity contribution in [2.45, 2.75) is 6.42 Å². The van der Waals surface area contributed by atoms with Crippen LogP contribution >= 0.6 is 11.6 Å². The minimum absolute atomic E-state index is 0.202. The molecule has 20 heavy (non-hydrogen) atoms. The maximum absolute atomic E-state index is 13.7. The number of carbonyl (C=O) groups is 1. The Morgan fingerprint density at radius 2 is 1.95 bits per heavy atom. The molecule has 0 saturated heterocycles. The quantitative estimate of drug-likeness (QED) is 0.788. The minimum Gasteiger partial charge on any atom is -0.492 e. The molecule has 1 aliphatic heterocycles. The van der Waals surface area contributed by atoms with Crippen LogP contribution in [-0.2, 0) is 6.42 Å². The fourth-order valence-corrected chi connectivity index (χ4v) is 2.50. The third-order valence-electron chi connectivity index (χ3n) is 3.17. The van der Waals surface area contributed by atoms with E-state index in [1.54, 1.807) is 6.07 Å². The van der Waals surface area contributed by atoms with Crippen LogP contribution in [0.3, 0.4) is 0 Å². The van der Waals surface area contributed by atoms with Gasteiger partial charge in [-0.15, -0.1) is 0 Å². The van der Waals surface area contributed by atoms with E-state index in [9.17, 15) is 13.6 Å². The number of hydrogen-bond donors (Lipinski definition) is 0. The maximum Gasteiger partial charge on any atom is 0.199 e. The Morgan fingerprint density at radius 1 is 1.15 bits per heavy atom. The first-order valence-electron chi connectivity index (χ1n) is 6.01. The summed E-state index contributed by atoms with van der Waals surface area (Å²) >= 11 is 5.96. The fourth-order valence-electron chi connectivity index (χ4n) is 2.26. The lowest BCUT2D eigenvalue weighted by Gasteiger charge is -2.09. The van der Waals surface area contributed by atoms with Crippen LogP contribution in [0.15, 0.2) is 30.3 Å². The molecule has 0 atom stereocenters. The Balaban J connectivity index is 2.11. The SMILES string of the molecule is O=C(c1ccc(F)cc1F)c1cc(Cl)cc2c1OCC2. The summed E-state index contributed by atoms with van der Waals surface area (Å²) in [6, 6.07) is 6.01. The smallest absolute Gasteiger partial charge is 0.199 e. The summed E-state index contributed by atoms with van der Waals surface area (Å²) in [5.41, 5.74) is 0.824. The van der Waals surface area contributed by atoms with E-state index in [0.717, 1.165) is 17.7 Å². The number of rotatable bonds is 2. The summed E-state index contributed by atoms with van der Waals surface area (Å²) in [7, 11) is 0. The van der Waals surface area contributed by atoms with Crippen LogP contribution in [0.2, 0.25) is 5.02 Å². The molecule has 0 aliphatic carbocycles. The van der Waals surface area contributed by atoms with Gasteiger partial charge in [0.25, 0.3) is 0 Å². The first-order chi connectivity index (χ1) is 9.56. The zero-order chi connectivity index (χ0) is 14.3. The molecule has 0 spiro atoms. The highest BCUT2D eigenvalue weighted by Gasteiger charge is 2.24. The molecule has 0 unspecified atom stereocenters. The minimum atomic E-state index is -0.901. The van der Waals surface area contributed by atoms with Crippen molar-refractivity contribution in [1.29, 1.82) is 0 Å². The van der Waals surface area contributed by atoms with Gasteiger partial charge in [-0.25, -0.2) is 8.78 Å². The third-order valence-corrected chi connectivity index (χ3v) is 3.39. The molecule has 0 saturated carbocycles. The van der Waals surface area contributed by atoms with Gasteiger partial charge < -0.3 is 4.74 Å². The molecule has 0 radical (unpaired) electrons. The van der Waals surface area contributed by atoms with Crippen molar-refractivity contribution in [3.05, 3.63) is 63.7 Å². The van der Waals surface area contributed by atoms with Crippen molar-refractivity contribution < 1.29 is 18.3 Å². The number of fused-ring (bicyclic) bond motifs is 1. The van der Waals surface area contributed by atoms with Crippen LogP contribution in [0.4, 0.5) is 8.78 Å². The normalized spacial score (nSPS) is 12.9. The van der Waals surface area contributed by atoms with E-state index in [1.165, 1.54) is 6.07 Å². The molecule has 0 bridgehead atoms. The molecule has 2 nitrogen and oxygen atoms in total. The number of hydrogen-bond acceptors (Lipinski definition) is 2. The van der Waals surface area contributed by atoms with Crippen molar-refractivity contribution in [3.8, 4) is 5.75 Å². The molecular weight excluding hydrogens is 286 g/mol. The predicted molar refractivity (Wildman–Crippen MR) is 70.4 cm³/mol. The Labute approximate surface area is 118 Å². The Bertz CT molecular complexity index is 713. The van der Waals surface area contributed by atoms with Crippen molar-refractivity contribution in [2.75, 3.05) is 6.61 Å². The van der Waals surface area contributed by atoms with Gasteiger partial charge in [0.05, 0.1) is 17.7 Å². The second kappa shape index (κ2) is 4.87. The molecule has 1 aliphatic rings. The lowest BCUT2D eigenvalue weighted by molar-refractivity contribution is 0.103. The average molecular weight is 295 g/mol. The van der Waals surface area contributed by atoms with Crippen molar-refractivity contribution in [3.63, 3.8) is 0 Å². The lowest BCUT2D eigenvalue weighted by atomic mass is 9.99. The Hall–Kier alpha value is -1.94. The van der Waals surface area contributed by atoms with Crippen LogP contribution in [-0.4, -0.2) is 12.4 Å². The number of ketones is 1. The predicted octanol–water partition coefficient (Wildman–Crippen LogP) is 3.78. The number of ether oxygens (including phenoxy) is 1. The summed E-state index contributed by atoms with van der Waals surface area (Å²) in [6.07, 6.45) is 0.655. The van der Waals surface area contributed by atoms with Gasteiger partial charge >= 0.3 is 0 Å². The van der Waals surface area contributed by atoms with Gasteiger partial charge in [-0.3, -0.25) is 4.79 Å². The molecule has 2 aromatic rings. The molecular formula is C15H9ClF2O2. The summed E-state index contributed by atoms with van der Waals surface area (Å²) in [5.74, 6) is -1.76. The van der Waals surface area contributed by atoms with E-state index in [-0.39, 0.29) is 11.1 Å². The van der Waals surface area contributed by atoms with Crippen LogP contribution in [0.1, 0.15) is 21.5 Å². The topological polar surface area (TPSA) is 26.3 Å². The first-order valence-corrected chi connectivity index (χ1v) is 6.39. The van der Waals surface area contributed by atoms with E-state index in [1.807, 2.05) is 0 Å². The molecule has 2 aromatic carbocycles. The molecule has 1 heterocycles. The molecule has 0 aromatic heterocycles. The highest BCUT2D eigenvalue weighted by atomic mass is 35.5. The zero-order valence-electron chi connectivity index (χ0n) is 10.3. The maximum atomic E-state index is 13.7. The monoisotopic (exact) mass is 294 g/mol. The highest BCUT2D eigenvalue weighted by molar-refractivity contribution is 6.31. The Kier molecular flexibility index (Phi) is 3.18. The lowest BCUT2D eigenvalue weighted by Crippen LogP contribution is -2.06. The molecule has 0 fully saturated rings. The molecule has 102 valence electrons. The number of benzene rings is 2.